The first kappa shape index (κ1) is 78.0. The number of anilines is 1. The van der Waals surface area contributed by atoms with Gasteiger partial charge in [-0.1, -0.05) is 45.7 Å². The fourth-order valence-corrected chi connectivity index (χ4v) is 14.1. The second-order valence-corrected chi connectivity index (χ2v) is 27.7. The number of nitro groups is 1. The molecule has 4 aliphatic rings. The minimum absolute atomic E-state index is 0.0231. The molecule has 2 bridgehead atoms. The summed E-state index contributed by atoms with van der Waals surface area (Å²) in [5.74, 6) is -17.9. The van der Waals surface area contributed by atoms with E-state index >= 15 is 9.00 Å². The van der Waals surface area contributed by atoms with E-state index < -0.39 is 239 Å². The molecule has 1 saturated heterocycles. The van der Waals surface area contributed by atoms with Crippen LogP contribution >= 0.6 is 0 Å². The van der Waals surface area contributed by atoms with Crippen molar-refractivity contribution in [3.8, 4) is 5.75 Å². The maximum absolute atomic E-state index is 15.3. The second kappa shape index (κ2) is 34.3. The molecule has 3 aromatic carbocycles. The van der Waals surface area contributed by atoms with Crippen molar-refractivity contribution in [2.45, 2.75) is 153 Å². The number of ether oxygens (including phenoxy) is 1. The maximum atomic E-state index is 15.3. The summed E-state index contributed by atoms with van der Waals surface area (Å²) in [6.45, 7) is 5.67. The lowest BCUT2D eigenvalue weighted by molar-refractivity contribution is -0.385. The summed E-state index contributed by atoms with van der Waals surface area (Å²) in [6, 6.07) is 7.44. The SMILES string of the molecule is CC[C@@H](C)[C@]1(C)NC(=O)CCC(=O)[C@H]2CC(=O)[C@H]([C@H](C)[C@H](O)COC(=O)c3ccc(/C(C)=N/NC(=O)c4ccc(NC(=O)CCCCCN5C(=O)C=CC5=O)cc4[N+](=O)[O-])cc3)NC(=O)[C@@H]3C[C@@H](O)CN3C(=O)[C@H](CC(N)=O)NC(=O)[C@H](CC(=O)CNC1=O)CS(=O)c1[nH]c3cc(O)ccc3c1C2. The van der Waals surface area contributed by atoms with E-state index in [1.54, 1.807) is 13.8 Å². The molecule has 1 unspecified atom stereocenters. The first-order valence-electron chi connectivity index (χ1n) is 33.4. The van der Waals surface area contributed by atoms with Gasteiger partial charge in [-0.05, 0) is 86.6 Å². The second-order valence-electron chi connectivity index (χ2n) is 26.3. The van der Waals surface area contributed by atoms with Crippen LogP contribution in [0.15, 0.2) is 82.9 Å². The zero-order valence-electron chi connectivity index (χ0n) is 57.1. The van der Waals surface area contributed by atoms with Crippen LogP contribution in [0.25, 0.3) is 10.9 Å². The predicted octanol–water partition coefficient (Wildman–Crippen LogP) is 1.24. The first-order valence-corrected chi connectivity index (χ1v) is 34.8. The number of unbranched alkanes of at least 4 members (excludes halogenated alkanes) is 2. The Morgan fingerprint density at radius 2 is 1.57 bits per heavy atom. The van der Waals surface area contributed by atoms with Crippen molar-refractivity contribution in [2.75, 3.05) is 37.3 Å². The van der Waals surface area contributed by atoms with Crippen molar-refractivity contribution in [1.82, 2.24) is 41.5 Å². The fourth-order valence-electron chi connectivity index (χ4n) is 12.6. The molecule has 34 heteroatoms. The van der Waals surface area contributed by atoms with Crippen LogP contribution < -0.4 is 37.7 Å². The Morgan fingerprint density at radius 1 is 0.874 bits per heavy atom. The number of fused-ring (bicyclic) bond motifs is 5. The van der Waals surface area contributed by atoms with Gasteiger partial charge in [0.1, 0.15) is 46.4 Å². The molecule has 0 aliphatic carbocycles. The zero-order valence-corrected chi connectivity index (χ0v) is 57.9. The van der Waals surface area contributed by atoms with Crippen molar-refractivity contribution in [2.24, 2.45) is 34.5 Å². The minimum Gasteiger partial charge on any atom is -0.508 e. The Balaban J connectivity index is 1.03. The van der Waals surface area contributed by atoms with E-state index in [2.05, 4.69) is 42.1 Å². The Hall–Kier alpha value is -10.7. The summed E-state index contributed by atoms with van der Waals surface area (Å²) in [6.07, 6.45) is -3.69. The first-order chi connectivity index (χ1) is 48.8. The smallest absolute Gasteiger partial charge is 0.338 e. The van der Waals surface area contributed by atoms with Gasteiger partial charge in [-0.2, -0.15) is 5.10 Å². The van der Waals surface area contributed by atoms with Gasteiger partial charge in [-0.25, -0.2) is 10.2 Å². The fraction of sp³-hybridized carbons (Fsp3) is 0.464. The highest BCUT2D eigenvalue weighted by Crippen LogP contribution is 2.34. The molecule has 12 N–H and O–H groups in total. The number of phenolic OH excluding ortho intramolecular Hbond substituents is 1. The molecule has 103 heavy (non-hydrogen) atoms. The lowest BCUT2D eigenvalue weighted by atomic mass is 9.82. The number of esters is 1. The molecule has 1 aromatic heterocycles. The topological polar surface area (TPSA) is 502 Å². The van der Waals surface area contributed by atoms with E-state index in [1.807, 2.05) is 0 Å². The molecule has 4 aromatic rings. The van der Waals surface area contributed by atoms with E-state index in [0.29, 0.717) is 31.2 Å². The number of hydrogen-bond donors (Lipinski definition) is 11. The number of carbonyl (C=O) groups excluding carboxylic acids is 14. The molecule has 5 heterocycles. The number of carbonyl (C=O) groups is 14. The van der Waals surface area contributed by atoms with Crippen LogP contribution in [0.2, 0.25) is 0 Å². The number of nitrogens with two attached hydrogens (primary N) is 1. The van der Waals surface area contributed by atoms with Crippen LogP contribution in [0, 0.1) is 33.8 Å². The number of hydrazone groups is 1. The number of nitro benzene ring substituents is 1. The maximum Gasteiger partial charge on any atom is 0.338 e. The van der Waals surface area contributed by atoms with Gasteiger partial charge in [0.25, 0.3) is 23.4 Å². The summed E-state index contributed by atoms with van der Waals surface area (Å²) in [5, 5.41) is 62.7. The van der Waals surface area contributed by atoms with Gasteiger partial charge in [0.2, 0.25) is 41.4 Å². The quantitative estimate of drug-likeness (QED) is 0.0148. The number of ketones is 3. The number of phenols is 1. The standard InChI is InChI=1S/C69H82N12O21S/c1-6-35(2)69(5)68(98)71-31-44(83)24-41-34-103(101)65-48(46-18-16-43(82)28-49(46)74-65)25-40(53(85)19-20-58(90)76-69)26-54(86)61(75-64(95)52-29-45(84)32-80(52)66(96)50(30-56(70)88)73-62(41)93)36(3)55(87)33-102-67(97)39-13-11-38(12-14-39)37(4)77-78-63(94)47-17-15-42(27-51(47)81(99)100)72-57(89)10-8-7-9-23-79-59(91)21-22-60(79)92/h11-18,21-22,27-28,35-36,40-41,45,50,52,55,61,74,82,84,87H,6-10,19-20,23-26,29-34H2,1-5H3,(H2,70,88)(H,71,98)(H,72,89)(H,73,93)(H,75,95)(H,76,90)(H,78,94)/b77-37+/t35-,36-,40-,41-,45-,50+,52+,55-,61+,69+,103?/m1/s1. The number of H-pyrrole nitrogens is 1. The lowest BCUT2D eigenvalue weighted by Crippen LogP contribution is -2.61. The number of benzene rings is 3. The molecule has 0 spiro atoms. The summed E-state index contributed by atoms with van der Waals surface area (Å²) < 4.78 is 20.5. The Morgan fingerprint density at radius 3 is 2.25 bits per heavy atom. The predicted molar refractivity (Wildman–Crippen MR) is 366 cm³/mol. The molecular weight excluding hydrogens is 1360 g/mol. The Labute approximate surface area is 591 Å². The summed E-state index contributed by atoms with van der Waals surface area (Å²) in [7, 11) is -2.38. The van der Waals surface area contributed by atoms with E-state index in [1.165, 1.54) is 81.5 Å². The number of aliphatic hydroxyl groups excluding tert-OH is 2. The summed E-state index contributed by atoms with van der Waals surface area (Å²) in [4.78, 5) is 208. The van der Waals surface area contributed by atoms with E-state index in [0.717, 1.165) is 21.9 Å². The molecule has 11 atom stereocenters. The van der Waals surface area contributed by atoms with Gasteiger partial charge in [0.15, 0.2) is 11.6 Å². The van der Waals surface area contributed by atoms with Crippen LogP contribution in [-0.4, -0.2) is 195 Å². The molecule has 0 radical (unpaired) electrons. The van der Waals surface area contributed by atoms with Crippen LogP contribution in [0.5, 0.6) is 5.75 Å². The molecule has 8 rings (SSSR count). The lowest BCUT2D eigenvalue weighted by Gasteiger charge is -2.35. The van der Waals surface area contributed by atoms with Crippen LogP contribution in [0.1, 0.15) is 137 Å². The summed E-state index contributed by atoms with van der Waals surface area (Å²) in [5.41, 5.74) is 5.84. The average Bonchev–Trinajstić information content (AvgIpc) is 1.65. The Bertz CT molecular complexity index is 4140. The van der Waals surface area contributed by atoms with Crippen LogP contribution in [0.3, 0.4) is 0 Å². The van der Waals surface area contributed by atoms with Crippen molar-refractivity contribution < 1.29 is 96.3 Å². The van der Waals surface area contributed by atoms with Crippen molar-refractivity contribution >= 4 is 121 Å². The number of aromatic hydroxyl groups is 1. The number of aromatic amines is 1. The van der Waals surface area contributed by atoms with Gasteiger partial charge in [0.05, 0.1) is 69.6 Å². The third-order valence-corrected chi connectivity index (χ3v) is 20.5. The van der Waals surface area contributed by atoms with Gasteiger partial charge < -0.3 is 62.3 Å². The number of hydrogen-bond acceptors (Lipinski definition) is 22. The van der Waals surface area contributed by atoms with Gasteiger partial charge in [-0.3, -0.25) is 81.6 Å². The molecule has 4 aliphatic heterocycles. The van der Waals surface area contributed by atoms with Crippen molar-refractivity contribution in [3.05, 3.63) is 105 Å². The molecule has 1 fully saturated rings. The number of imide groups is 1. The zero-order chi connectivity index (χ0) is 75.3. The van der Waals surface area contributed by atoms with Crippen molar-refractivity contribution in [3.63, 3.8) is 0 Å². The number of amides is 10. The number of rotatable bonds is 20. The number of Topliss-reactive ketones (excluding diaryl/α,β-unsaturated/α-hetero) is 3. The number of aliphatic hydroxyl groups is 2. The van der Waals surface area contributed by atoms with Gasteiger partial charge >= 0.3 is 5.97 Å². The number of aromatic nitrogens is 1. The molecule has 0 saturated carbocycles. The monoisotopic (exact) mass is 1450 g/mol. The largest absolute Gasteiger partial charge is 0.508 e. The highest BCUT2D eigenvalue weighted by Gasteiger charge is 2.46. The molecule has 33 nitrogen and oxygen atoms in total. The number of nitrogens with one attached hydrogen (secondary N) is 7. The minimum atomic E-state index is -2.38. The molecule has 10 amide bonds. The normalized spacial score (nSPS) is 23.7. The number of primary amides is 1. The van der Waals surface area contributed by atoms with E-state index in [4.69, 9.17) is 10.5 Å². The van der Waals surface area contributed by atoms with Crippen LogP contribution in [0.4, 0.5) is 11.4 Å². The highest BCUT2D eigenvalue weighted by atomic mass is 32.2. The average molecular weight is 1450 g/mol. The Kier molecular flexibility index (Phi) is 26.0. The van der Waals surface area contributed by atoms with Gasteiger partial charge in [0, 0.05) is 105 Å². The van der Waals surface area contributed by atoms with Gasteiger partial charge in [-0.15, -0.1) is 0 Å². The third kappa shape index (κ3) is 19.5. The van der Waals surface area contributed by atoms with E-state index in [-0.39, 0.29) is 57.2 Å². The number of nitrogens with zero attached hydrogens (tertiary/aromatic N) is 4. The third-order valence-electron chi connectivity index (χ3n) is 19.0. The molecular formula is C69H82N12O21S. The van der Waals surface area contributed by atoms with E-state index in [9.17, 15) is 87.8 Å². The highest BCUT2D eigenvalue weighted by molar-refractivity contribution is 7.85. The van der Waals surface area contributed by atoms with Crippen LogP contribution in [-0.2, 0) is 79.5 Å². The summed E-state index contributed by atoms with van der Waals surface area (Å²) >= 11 is 0. The molecule has 550 valence electrons. The van der Waals surface area contributed by atoms with Crippen molar-refractivity contribution in [1.29, 1.82) is 0 Å².